The molecule has 0 atom stereocenters. The summed E-state index contributed by atoms with van der Waals surface area (Å²) in [7, 11) is 1.68. The lowest BCUT2D eigenvalue weighted by Gasteiger charge is -2.10. The maximum absolute atomic E-state index is 5.38. The topological polar surface area (TPSA) is 38.6 Å². The molecule has 4 aromatic rings. The molecule has 0 saturated carbocycles. The van der Waals surface area contributed by atoms with Gasteiger partial charge in [0, 0.05) is 18.3 Å². The summed E-state index contributed by atoms with van der Waals surface area (Å²) in [5.74, 6) is 1.81. The molecule has 4 rings (SSSR count). The maximum Gasteiger partial charge on any atom is 0.139 e. The van der Waals surface area contributed by atoms with Crippen LogP contribution in [0.25, 0.3) is 16.9 Å². The molecule has 0 saturated heterocycles. The van der Waals surface area contributed by atoms with Gasteiger partial charge in [-0.2, -0.15) is 0 Å². The lowest BCUT2D eigenvalue weighted by molar-refractivity contribution is 0.415. The number of benzene rings is 2. The number of nitrogens with one attached hydrogen (secondary N) is 1. The molecule has 1 N–H and O–H groups in total. The molecule has 0 fully saturated rings. The summed E-state index contributed by atoms with van der Waals surface area (Å²) < 4.78 is 7.50. The van der Waals surface area contributed by atoms with Crippen LogP contribution in [0.3, 0.4) is 0 Å². The van der Waals surface area contributed by atoms with Crippen LogP contribution in [0.1, 0.15) is 11.1 Å². The van der Waals surface area contributed by atoms with Gasteiger partial charge in [0.25, 0.3) is 0 Å². The predicted molar refractivity (Wildman–Crippen MR) is 106 cm³/mol. The first-order valence-corrected chi connectivity index (χ1v) is 8.65. The van der Waals surface area contributed by atoms with Crippen LogP contribution in [0.5, 0.6) is 5.75 Å². The molecule has 2 aromatic heterocycles. The summed E-state index contributed by atoms with van der Waals surface area (Å²) in [4.78, 5) is 4.86. The van der Waals surface area contributed by atoms with Gasteiger partial charge < -0.3 is 10.1 Å². The molecule has 130 valence electrons. The second-order valence-electron chi connectivity index (χ2n) is 6.31. The van der Waals surface area contributed by atoms with Crippen LogP contribution in [0, 0.1) is 6.92 Å². The standard InChI is InChI=1S/C22H21N3O/c1-16-11-12-20-24-21(18-9-6-10-19(13-18)26-2)22(25(20)15-16)23-14-17-7-4-3-5-8-17/h3-13,15,23H,14H2,1-2H3. The number of anilines is 1. The zero-order valence-electron chi connectivity index (χ0n) is 14.9. The zero-order chi connectivity index (χ0) is 17.9. The predicted octanol–water partition coefficient (Wildman–Crippen LogP) is 4.93. The Kier molecular flexibility index (Phi) is 4.32. The summed E-state index contributed by atoms with van der Waals surface area (Å²) in [6.07, 6.45) is 2.11. The van der Waals surface area contributed by atoms with Gasteiger partial charge in [-0.15, -0.1) is 0 Å². The number of hydrogen-bond donors (Lipinski definition) is 1. The number of aromatic nitrogens is 2. The first-order chi connectivity index (χ1) is 12.7. The van der Waals surface area contributed by atoms with Gasteiger partial charge in [-0.05, 0) is 36.2 Å². The largest absolute Gasteiger partial charge is 0.497 e. The Bertz CT molecular complexity index is 1040. The van der Waals surface area contributed by atoms with E-state index in [-0.39, 0.29) is 0 Å². The van der Waals surface area contributed by atoms with Crippen LogP contribution >= 0.6 is 0 Å². The van der Waals surface area contributed by atoms with E-state index in [0.29, 0.717) is 0 Å². The van der Waals surface area contributed by atoms with E-state index < -0.39 is 0 Å². The first-order valence-electron chi connectivity index (χ1n) is 8.65. The highest BCUT2D eigenvalue weighted by atomic mass is 16.5. The molecule has 4 nitrogen and oxygen atoms in total. The summed E-state index contributed by atoms with van der Waals surface area (Å²) in [6, 6.07) is 22.5. The molecule has 0 aliphatic rings. The zero-order valence-corrected chi connectivity index (χ0v) is 14.9. The van der Waals surface area contributed by atoms with Crippen LogP contribution in [-0.4, -0.2) is 16.5 Å². The summed E-state index contributed by atoms with van der Waals surface area (Å²) in [5, 5.41) is 3.58. The Morgan fingerprint density at radius 2 is 1.85 bits per heavy atom. The number of hydrogen-bond acceptors (Lipinski definition) is 3. The van der Waals surface area contributed by atoms with Gasteiger partial charge in [0.1, 0.15) is 22.9 Å². The normalized spacial score (nSPS) is 10.8. The highest BCUT2D eigenvalue weighted by molar-refractivity contribution is 5.77. The number of pyridine rings is 1. The monoisotopic (exact) mass is 343 g/mol. The van der Waals surface area contributed by atoms with Crippen LogP contribution in [0.15, 0.2) is 72.9 Å². The molecule has 0 radical (unpaired) electrons. The minimum Gasteiger partial charge on any atom is -0.497 e. The van der Waals surface area contributed by atoms with Crippen molar-refractivity contribution in [1.29, 1.82) is 0 Å². The number of aryl methyl sites for hydroxylation is 1. The van der Waals surface area contributed by atoms with Crippen molar-refractivity contribution in [2.75, 3.05) is 12.4 Å². The second-order valence-corrected chi connectivity index (χ2v) is 6.31. The van der Waals surface area contributed by atoms with E-state index in [1.165, 1.54) is 11.1 Å². The van der Waals surface area contributed by atoms with Gasteiger partial charge in [0.15, 0.2) is 0 Å². The van der Waals surface area contributed by atoms with E-state index in [2.05, 4.69) is 59.2 Å². The molecule has 4 heteroatoms. The molecule has 0 unspecified atom stereocenters. The molecule has 2 aromatic carbocycles. The fraction of sp³-hybridized carbons (Fsp3) is 0.136. The second kappa shape index (κ2) is 6.92. The Labute approximate surface area is 153 Å². The average molecular weight is 343 g/mol. The highest BCUT2D eigenvalue weighted by Gasteiger charge is 2.14. The smallest absolute Gasteiger partial charge is 0.139 e. The van der Waals surface area contributed by atoms with Crippen LogP contribution in [0.2, 0.25) is 0 Å². The van der Waals surface area contributed by atoms with Gasteiger partial charge in [-0.1, -0.05) is 48.5 Å². The van der Waals surface area contributed by atoms with E-state index in [4.69, 9.17) is 9.72 Å². The van der Waals surface area contributed by atoms with Crippen molar-refractivity contribution in [2.45, 2.75) is 13.5 Å². The van der Waals surface area contributed by atoms with Crippen molar-refractivity contribution in [3.63, 3.8) is 0 Å². The highest BCUT2D eigenvalue weighted by Crippen LogP contribution is 2.31. The van der Waals surface area contributed by atoms with E-state index in [9.17, 15) is 0 Å². The lowest BCUT2D eigenvalue weighted by Crippen LogP contribution is -2.03. The third-order valence-corrected chi connectivity index (χ3v) is 4.41. The van der Waals surface area contributed by atoms with Crippen molar-refractivity contribution in [3.8, 4) is 17.0 Å². The van der Waals surface area contributed by atoms with Crippen LogP contribution < -0.4 is 10.1 Å². The van der Waals surface area contributed by atoms with Gasteiger partial charge in [0.05, 0.1) is 7.11 Å². The molecular formula is C22H21N3O. The number of imidazole rings is 1. The molecule has 0 bridgehead atoms. The van der Waals surface area contributed by atoms with E-state index in [1.807, 2.05) is 30.3 Å². The molecule has 0 spiro atoms. The fourth-order valence-corrected chi connectivity index (χ4v) is 3.07. The van der Waals surface area contributed by atoms with Gasteiger partial charge in [-0.3, -0.25) is 4.40 Å². The Morgan fingerprint density at radius 1 is 1.00 bits per heavy atom. The first kappa shape index (κ1) is 16.2. The molecule has 0 aliphatic heterocycles. The SMILES string of the molecule is COc1cccc(-c2nc3ccc(C)cn3c2NCc2ccccc2)c1. The minimum absolute atomic E-state index is 0.736. The maximum atomic E-state index is 5.38. The summed E-state index contributed by atoms with van der Waals surface area (Å²) >= 11 is 0. The van der Waals surface area contributed by atoms with Crippen molar-refractivity contribution >= 4 is 11.5 Å². The molecule has 2 heterocycles. The van der Waals surface area contributed by atoms with Gasteiger partial charge in [0.2, 0.25) is 0 Å². The van der Waals surface area contributed by atoms with E-state index >= 15 is 0 Å². The molecule has 0 aliphatic carbocycles. The number of ether oxygens (including phenoxy) is 1. The summed E-state index contributed by atoms with van der Waals surface area (Å²) in [6.45, 7) is 2.82. The average Bonchev–Trinajstić information content (AvgIpc) is 3.05. The quantitative estimate of drug-likeness (QED) is 0.558. The number of fused-ring (bicyclic) bond motifs is 1. The third-order valence-electron chi connectivity index (χ3n) is 4.41. The van der Waals surface area contributed by atoms with Crippen LogP contribution in [-0.2, 0) is 6.54 Å². The molecule has 26 heavy (non-hydrogen) atoms. The van der Waals surface area contributed by atoms with Gasteiger partial charge in [-0.25, -0.2) is 4.98 Å². The van der Waals surface area contributed by atoms with Crippen molar-refractivity contribution in [1.82, 2.24) is 9.38 Å². The van der Waals surface area contributed by atoms with E-state index in [1.54, 1.807) is 7.11 Å². The Balaban J connectivity index is 1.80. The fourth-order valence-electron chi connectivity index (χ4n) is 3.07. The van der Waals surface area contributed by atoms with Crippen molar-refractivity contribution in [2.24, 2.45) is 0 Å². The third kappa shape index (κ3) is 3.14. The van der Waals surface area contributed by atoms with Crippen LogP contribution in [0.4, 0.5) is 5.82 Å². The summed E-state index contributed by atoms with van der Waals surface area (Å²) in [5.41, 5.74) is 5.29. The number of rotatable bonds is 5. The minimum atomic E-state index is 0.736. The van der Waals surface area contributed by atoms with E-state index in [0.717, 1.165) is 35.0 Å². The number of methoxy groups -OCH3 is 1. The molecular weight excluding hydrogens is 322 g/mol. The molecule has 0 amide bonds. The Hall–Kier alpha value is -3.27. The number of nitrogens with zero attached hydrogens (tertiary/aromatic N) is 2. The van der Waals surface area contributed by atoms with Crippen molar-refractivity contribution < 1.29 is 4.74 Å². The Morgan fingerprint density at radius 3 is 2.65 bits per heavy atom. The lowest BCUT2D eigenvalue weighted by atomic mass is 10.1. The van der Waals surface area contributed by atoms with Gasteiger partial charge >= 0.3 is 0 Å². The van der Waals surface area contributed by atoms with Crippen molar-refractivity contribution in [3.05, 3.63) is 84.1 Å².